The fourth-order valence-electron chi connectivity index (χ4n) is 1.56. The zero-order valence-electron chi connectivity index (χ0n) is 10.2. The molecule has 0 spiro atoms. The van der Waals surface area contributed by atoms with E-state index in [0.29, 0.717) is 19.4 Å². The molecule has 1 fully saturated rings. The lowest BCUT2D eigenvalue weighted by atomic mass is 10.1. The van der Waals surface area contributed by atoms with Crippen molar-refractivity contribution in [1.82, 2.24) is 10.6 Å². The van der Waals surface area contributed by atoms with E-state index in [0.717, 1.165) is 0 Å². The summed E-state index contributed by atoms with van der Waals surface area (Å²) in [7, 11) is 0. The Labute approximate surface area is 107 Å². The summed E-state index contributed by atoms with van der Waals surface area (Å²) in [5.41, 5.74) is 4.89. The number of rotatable bonds is 6. The minimum absolute atomic E-state index is 0.0690. The first kappa shape index (κ1) is 13.9. The average molecular weight is 257 g/mol. The number of thiocarbonyl (C=S) groups is 1. The van der Waals surface area contributed by atoms with E-state index in [1.807, 2.05) is 13.8 Å². The van der Waals surface area contributed by atoms with Crippen LogP contribution in [0.4, 0.5) is 0 Å². The van der Waals surface area contributed by atoms with Crippen molar-refractivity contribution in [2.45, 2.75) is 39.2 Å². The lowest BCUT2D eigenvalue weighted by molar-refractivity contribution is -0.124. The average Bonchev–Trinajstić information content (AvgIpc) is 2.96. The summed E-state index contributed by atoms with van der Waals surface area (Å²) in [4.78, 5) is 23.3. The predicted octanol–water partition coefficient (Wildman–Crippen LogP) is 0.0836. The van der Waals surface area contributed by atoms with Crippen LogP contribution >= 0.6 is 12.2 Å². The Balaban J connectivity index is 2.26. The lowest BCUT2D eigenvalue weighted by Crippen LogP contribution is -2.41. The van der Waals surface area contributed by atoms with E-state index in [4.69, 9.17) is 18.0 Å². The molecule has 1 rings (SSSR count). The molecule has 1 aliphatic carbocycles. The highest BCUT2D eigenvalue weighted by atomic mass is 32.1. The van der Waals surface area contributed by atoms with Gasteiger partial charge in [0.05, 0.1) is 10.4 Å². The number of hydrogen-bond acceptors (Lipinski definition) is 3. The van der Waals surface area contributed by atoms with Gasteiger partial charge in [0.15, 0.2) is 0 Å². The second-order valence-corrected chi connectivity index (χ2v) is 5.11. The SMILES string of the molecule is CC(C)NC(=O)CCNC(=O)C1(C(N)=S)CC1. The second kappa shape index (κ2) is 5.44. The third-order valence-corrected chi connectivity index (χ3v) is 3.13. The standard InChI is InChI=1S/C11H19N3O2S/c1-7(2)14-8(15)3-6-13-10(16)11(4-5-11)9(12)17/h7H,3-6H2,1-2H3,(H2,12,17)(H,13,16)(H,14,15). The molecule has 1 aliphatic rings. The molecule has 0 aromatic carbocycles. The fraction of sp³-hybridized carbons (Fsp3) is 0.727. The Morgan fingerprint density at radius 2 is 2.00 bits per heavy atom. The van der Waals surface area contributed by atoms with Gasteiger partial charge in [0.1, 0.15) is 0 Å². The molecule has 2 amide bonds. The first-order valence-electron chi connectivity index (χ1n) is 5.76. The molecule has 0 bridgehead atoms. The van der Waals surface area contributed by atoms with Crippen molar-refractivity contribution in [3.05, 3.63) is 0 Å². The molecule has 0 unspecified atom stereocenters. The van der Waals surface area contributed by atoms with Gasteiger partial charge in [-0.25, -0.2) is 0 Å². The lowest BCUT2D eigenvalue weighted by Gasteiger charge is -2.13. The van der Waals surface area contributed by atoms with Crippen LogP contribution in [0.25, 0.3) is 0 Å². The van der Waals surface area contributed by atoms with Crippen LogP contribution in [0.1, 0.15) is 33.1 Å². The zero-order valence-corrected chi connectivity index (χ0v) is 11.0. The van der Waals surface area contributed by atoms with Crippen molar-refractivity contribution in [1.29, 1.82) is 0 Å². The topological polar surface area (TPSA) is 84.2 Å². The van der Waals surface area contributed by atoms with Gasteiger partial charge < -0.3 is 16.4 Å². The van der Waals surface area contributed by atoms with Crippen LogP contribution in [-0.2, 0) is 9.59 Å². The first-order chi connectivity index (χ1) is 7.88. The largest absolute Gasteiger partial charge is 0.392 e. The van der Waals surface area contributed by atoms with E-state index >= 15 is 0 Å². The van der Waals surface area contributed by atoms with Gasteiger partial charge in [-0.2, -0.15) is 0 Å². The van der Waals surface area contributed by atoms with Crippen LogP contribution in [0, 0.1) is 5.41 Å². The van der Waals surface area contributed by atoms with E-state index < -0.39 is 5.41 Å². The monoisotopic (exact) mass is 257 g/mol. The molecule has 5 nitrogen and oxygen atoms in total. The van der Waals surface area contributed by atoms with Crippen molar-refractivity contribution in [2.75, 3.05) is 6.54 Å². The van der Waals surface area contributed by atoms with Gasteiger partial charge in [-0.05, 0) is 26.7 Å². The number of carbonyl (C=O) groups excluding carboxylic acids is 2. The smallest absolute Gasteiger partial charge is 0.233 e. The number of nitrogens with one attached hydrogen (secondary N) is 2. The molecule has 6 heteroatoms. The summed E-state index contributed by atoms with van der Waals surface area (Å²) in [6.45, 7) is 4.10. The number of nitrogens with two attached hydrogens (primary N) is 1. The first-order valence-corrected chi connectivity index (χ1v) is 6.17. The third-order valence-electron chi connectivity index (χ3n) is 2.74. The number of hydrogen-bond donors (Lipinski definition) is 3. The van der Waals surface area contributed by atoms with Crippen molar-refractivity contribution in [2.24, 2.45) is 11.1 Å². The molecular formula is C11H19N3O2S. The molecule has 17 heavy (non-hydrogen) atoms. The second-order valence-electron chi connectivity index (χ2n) is 4.67. The maximum atomic E-state index is 11.8. The predicted molar refractivity (Wildman–Crippen MR) is 69.4 cm³/mol. The summed E-state index contributed by atoms with van der Waals surface area (Å²) < 4.78 is 0. The van der Waals surface area contributed by atoms with Gasteiger partial charge in [0.2, 0.25) is 11.8 Å². The summed E-state index contributed by atoms with van der Waals surface area (Å²) in [5, 5.41) is 5.46. The molecule has 96 valence electrons. The van der Waals surface area contributed by atoms with Crippen LogP contribution in [-0.4, -0.2) is 29.4 Å². The highest BCUT2D eigenvalue weighted by Gasteiger charge is 2.52. The van der Waals surface area contributed by atoms with E-state index in [2.05, 4.69) is 10.6 Å². The van der Waals surface area contributed by atoms with Crippen LogP contribution in [0.5, 0.6) is 0 Å². The van der Waals surface area contributed by atoms with Crippen LogP contribution < -0.4 is 16.4 Å². The fourth-order valence-corrected chi connectivity index (χ4v) is 1.86. The van der Waals surface area contributed by atoms with E-state index in [1.54, 1.807) is 0 Å². The molecule has 0 saturated heterocycles. The molecular weight excluding hydrogens is 238 g/mol. The molecule has 4 N–H and O–H groups in total. The summed E-state index contributed by atoms with van der Waals surface area (Å²) >= 11 is 4.87. The van der Waals surface area contributed by atoms with Gasteiger partial charge in [0.25, 0.3) is 0 Å². The van der Waals surface area contributed by atoms with Gasteiger partial charge in [0, 0.05) is 19.0 Å². The van der Waals surface area contributed by atoms with Crippen molar-refractivity contribution in [3.8, 4) is 0 Å². The molecule has 0 atom stereocenters. The number of amides is 2. The maximum Gasteiger partial charge on any atom is 0.233 e. The summed E-state index contributed by atoms with van der Waals surface area (Å²) in [5.74, 6) is -0.220. The van der Waals surface area contributed by atoms with E-state index in [1.165, 1.54) is 0 Å². The van der Waals surface area contributed by atoms with Gasteiger partial charge >= 0.3 is 0 Å². The van der Waals surface area contributed by atoms with Crippen LogP contribution in [0.15, 0.2) is 0 Å². The zero-order chi connectivity index (χ0) is 13.1. The Morgan fingerprint density at radius 3 is 2.41 bits per heavy atom. The Hall–Kier alpha value is -1.17. The highest BCUT2D eigenvalue weighted by Crippen LogP contribution is 2.46. The Morgan fingerprint density at radius 1 is 1.41 bits per heavy atom. The molecule has 1 saturated carbocycles. The minimum Gasteiger partial charge on any atom is -0.392 e. The van der Waals surface area contributed by atoms with Gasteiger partial charge in [-0.1, -0.05) is 12.2 Å². The van der Waals surface area contributed by atoms with Gasteiger partial charge in [-0.15, -0.1) is 0 Å². The van der Waals surface area contributed by atoms with E-state index in [9.17, 15) is 9.59 Å². The minimum atomic E-state index is -0.635. The summed E-state index contributed by atoms with van der Waals surface area (Å²) in [6.07, 6.45) is 1.70. The van der Waals surface area contributed by atoms with Crippen LogP contribution in [0.2, 0.25) is 0 Å². The number of carbonyl (C=O) groups is 2. The van der Waals surface area contributed by atoms with E-state index in [-0.39, 0.29) is 29.3 Å². The Kier molecular flexibility index (Phi) is 4.45. The van der Waals surface area contributed by atoms with Gasteiger partial charge in [-0.3, -0.25) is 9.59 Å². The third kappa shape index (κ3) is 3.66. The molecule has 0 aromatic rings. The Bertz CT molecular complexity index is 338. The molecule has 0 radical (unpaired) electrons. The van der Waals surface area contributed by atoms with Crippen molar-refractivity contribution >= 4 is 29.0 Å². The normalized spacial score (nSPS) is 16.4. The highest BCUT2D eigenvalue weighted by molar-refractivity contribution is 7.80. The molecule has 0 aliphatic heterocycles. The van der Waals surface area contributed by atoms with Crippen LogP contribution in [0.3, 0.4) is 0 Å². The molecule has 0 aromatic heterocycles. The van der Waals surface area contributed by atoms with Crippen molar-refractivity contribution in [3.63, 3.8) is 0 Å². The summed E-state index contributed by atoms with van der Waals surface area (Å²) in [6, 6.07) is 0.115. The molecule has 0 heterocycles. The van der Waals surface area contributed by atoms with Crippen molar-refractivity contribution < 1.29 is 9.59 Å². The quantitative estimate of drug-likeness (QED) is 0.589. The maximum absolute atomic E-state index is 11.8.